The predicted octanol–water partition coefficient (Wildman–Crippen LogP) is 2.88. The van der Waals surface area contributed by atoms with Crippen LogP contribution >= 0.6 is 0 Å². The van der Waals surface area contributed by atoms with Crippen molar-refractivity contribution in [2.75, 3.05) is 25.1 Å². The first kappa shape index (κ1) is 15.5. The molecule has 2 rings (SSSR count). The summed E-state index contributed by atoms with van der Waals surface area (Å²) >= 11 is 0. The fourth-order valence-corrected chi connectivity index (χ4v) is 2.40. The molecule has 7 heteroatoms. The molecular weight excluding hydrogens is 287 g/mol. The van der Waals surface area contributed by atoms with E-state index in [2.05, 4.69) is 0 Å². The lowest BCUT2D eigenvalue weighted by Gasteiger charge is -2.29. The number of anilines is 1. The Balaban J connectivity index is 2.40. The number of carboxylic acids is 1. The Morgan fingerprint density at radius 2 is 2.10 bits per heavy atom. The third kappa shape index (κ3) is 3.06. The smallest absolute Gasteiger partial charge is 0.392 e. The Morgan fingerprint density at radius 1 is 1.43 bits per heavy atom. The van der Waals surface area contributed by atoms with Crippen molar-refractivity contribution >= 4 is 11.7 Å². The van der Waals surface area contributed by atoms with Crippen LogP contribution in [-0.4, -0.2) is 37.5 Å². The molecule has 0 saturated carbocycles. The molecule has 2 atom stereocenters. The second kappa shape index (κ2) is 5.46. The van der Waals surface area contributed by atoms with E-state index in [0.717, 1.165) is 12.6 Å². The summed E-state index contributed by atoms with van der Waals surface area (Å²) in [4.78, 5) is 13.2. The zero-order valence-corrected chi connectivity index (χ0v) is 11.6. The molecule has 2 unspecified atom stereocenters. The molecule has 0 aliphatic carbocycles. The average molecular weight is 303 g/mol. The SMILES string of the molecule is CC(C(C(=O)O)c1ccc2c(c1)OCCN2C)C(F)(F)F. The molecule has 0 aromatic heterocycles. The minimum absolute atomic E-state index is 0.0985. The number of rotatable bonds is 3. The predicted molar refractivity (Wildman–Crippen MR) is 70.8 cm³/mol. The summed E-state index contributed by atoms with van der Waals surface area (Å²) in [5.74, 6) is -4.70. The number of hydrogen-bond donors (Lipinski definition) is 1. The first-order valence-electron chi connectivity index (χ1n) is 6.49. The summed E-state index contributed by atoms with van der Waals surface area (Å²) in [5.41, 5.74) is 0.843. The molecule has 21 heavy (non-hydrogen) atoms. The highest BCUT2D eigenvalue weighted by Gasteiger charge is 2.45. The number of carboxylic acid groups (broad SMARTS) is 1. The highest BCUT2D eigenvalue weighted by Crippen LogP contribution is 2.40. The van der Waals surface area contributed by atoms with Gasteiger partial charge < -0.3 is 14.7 Å². The minimum Gasteiger partial charge on any atom is -0.490 e. The molecule has 1 aromatic rings. The fraction of sp³-hybridized carbons (Fsp3) is 0.500. The van der Waals surface area contributed by atoms with Gasteiger partial charge in [-0.05, 0) is 17.7 Å². The maximum Gasteiger partial charge on any atom is 0.392 e. The van der Waals surface area contributed by atoms with Gasteiger partial charge in [0.1, 0.15) is 12.4 Å². The van der Waals surface area contributed by atoms with Crippen molar-refractivity contribution < 1.29 is 27.8 Å². The average Bonchev–Trinajstić information content (AvgIpc) is 2.37. The van der Waals surface area contributed by atoms with Gasteiger partial charge in [-0.15, -0.1) is 0 Å². The Morgan fingerprint density at radius 3 is 2.67 bits per heavy atom. The zero-order chi connectivity index (χ0) is 15.8. The lowest BCUT2D eigenvalue weighted by atomic mass is 9.86. The monoisotopic (exact) mass is 303 g/mol. The third-order valence-electron chi connectivity index (χ3n) is 3.72. The number of likely N-dealkylation sites (N-methyl/N-ethyl adjacent to an activating group) is 1. The van der Waals surface area contributed by atoms with E-state index in [-0.39, 0.29) is 5.56 Å². The van der Waals surface area contributed by atoms with Crippen molar-refractivity contribution in [2.24, 2.45) is 5.92 Å². The number of carbonyl (C=O) groups is 1. The van der Waals surface area contributed by atoms with Crippen LogP contribution in [-0.2, 0) is 4.79 Å². The number of hydrogen-bond acceptors (Lipinski definition) is 3. The van der Waals surface area contributed by atoms with E-state index in [0.29, 0.717) is 18.9 Å². The van der Waals surface area contributed by atoms with Gasteiger partial charge in [-0.25, -0.2) is 0 Å². The number of alkyl halides is 3. The van der Waals surface area contributed by atoms with Gasteiger partial charge in [0.2, 0.25) is 0 Å². The highest BCUT2D eigenvalue weighted by molar-refractivity contribution is 5.77. The number of fused-ring (bicyclic) bond motifs is 1. The highest BCUT2D eigenvalue weighted by atomic mass is 19.4. The van der Waals surface area contributed by atoms with Crippen molar-refractivity contribution in [3.8, 4) is 5.75 Å². The lowest BCUT2D eigenvalue weighted by molar-refractivity contribution is -0.183. The molecular formula is C14H16F3NO3. The van der Waals surface area contributed by atoms with Gasteiger partial charge in [-0.2, -0.15) is 13.2 Å². The molecule has 0 saturated heterocycles. The van der Waals surface area contributed by atoms with Crippen LogP contribution in [0.2, 0.25) is 0 Å². The van der Waals surface area contributed by atoms with Gasteiger partial charge in [0.15, 0.2) is 0 Å². The number of ether oxygens (including phenoxy) is 1. The van der Waals surface area contributed by atoms with Crippen LogP contribution in [0.25, 0.3) is 0 Å². The molecule has 1 aromatic carbocycles. The Bertz CT molecular complexity index is 545. The Hall–Kier alpha value is -1.92. The summed E-state index contributed by atoms with van der Waals surface area (Å²) in [6, 6.07) is 4.42. The summed E-state index contributed by atoms with van der Waals surface area (Å²) in [7, 11) is 1.84. The summed E-state index contributed by atoms with van der Waals surface area (Å²) < 4.78 is 43.9. The Kier molecular flexibility index (Phi) is 4.02. The second-order valence-corrected chi connectivity index (χ2v) is 5.14. The van der Waals surface area contributed by atoms with Crippen LogP contribution in [0.3, 0.4) is 0 Å². The normalized spacial score (nSPS) is 17.7. The van der Waals surface area contributed by atoms with Crippen molar-refractivity contribution in [1.29, 1.82) is 0 Å². The van der Waals surface area contributed by atoms with Crippen LogP contribution in [0.5, 0.6) is 5.75 Å². The van der Waals surface area contributed by atoms with Crippen LogP contribution in [0.15, 0.2) is 18.2 Å². The Labute approximate surface area is 120 Å². The minimum atomic E-state index is -4.57. The van der Waals surface area contributed by atoms with E-state index < -0.39 is 24.0 Å². The second-order valence-electron chi connectivity index (χ2n) is 5.14. The molecule has 1 N–H and O–H groups in total. The van der Waals surface area contributed by atoms with Gasteiger partial charge in [0.05, 0.1) is 24.1 Å². The molecule has 1 aliphatic heterocycles. The summed E-state index contributed by atoms with van der Waals surface area (Å²) in [6.07, 6.45) is -4.57. The van der Waals surface area contributed by atoms with E-state index >= 15 is 0 Å². The van der Waals surface area contributed by atoms with Crippen LogP contribution in [0, 0.1) is 5.92 Å². The molecule has 116 valence electrons. The van der Waals surface area contributed by atoms with E-state index in [9.17, 15) is 18.0 Å². The number of nitrogens with zero attached hydrogens (tertiary/aromatic N) is 1. The molecule has 0 fully saturated rings. The summed E-state index contributed by atoms with van der Waals surface area (Å²) in [6.45, 7) is 1.97. The first-order valence-corrected chi connectivity index (χ1v) is 6.49. The molecule has 1 heterocycles. The van der Waals surface area contributed by atoms with Crippen molar-refractivity contribution in [1.82, 2.24) is 0 Å². The van der Waals surface area contributed by atoms with Gasteiger partial charge in [0.25, 0.3) is 0 Å². The van der Waals surface area contributed by atoms with Crippen LogP contribution in [0.1, 0.15) is 18.4 Å². The largest absolute Gasteiger partial charge is 0.490 e. The van der Waals surface area contributed by atoms with Crippen LogP contribution < -0.4 is 9.64 Å². The summed E-state index contributed by atoms with van der Waals surface area (Å²) in [5, 5.41) is 9.17. The quantitative estimate of drug-likeness (QED) is 0.933. The van der Waals surface area contributed by atoms with Crippen LogP contribution in [0.4, 0.5) is 18.9 Å². The maximum absolute atomic E-state index is 12.8. The van der Waals surface area contributed by atoms with Crippen molar-refractivity contribution in [3.63, 3.8) is 0 Å². The van der Waals surface area contributed by atoms with Crippen molar-refractivity contribution in [2.45, 2.75) is 19.0 Å². The van der Waals surface area contributed by atoms with Gasteiger partial charge in [0, 0.05) is 7.05 Å². The number of halogens is 3. The van der Waals surface area contributed by atoms with Gasteiger partial charge >= 0.3 is 12.1 Å². The molecule has 0 spiro atoms. The zero-order valence-electron chi connectivity index (χ0n) is 11.6. The van der Waals surface area contributed by atoms with E-state index in [1.807, 2.05) is 11.9 Å². The van der Waals surface area contributed by atoms with E-state index in [1.165, 1.54) is 12.1 Å². The molecule has 1 aliphatic rings. The standard InChI is InChI=1S/C14H16F3NO3/c1-8(14(15,16)17)12(13(19)20)9-3-4-10-11(7-9)21-6-5-18(10)2/h3-4,7-8,12H,5-6H2,1-2H3,(H,19,20). The molecule has 0 radical (unpaired) electrons. The molecule has 0 bridgehead atoms. The van der Waals surface area contributed by atoms with Gasteiger partial charge in [-0.3, -0.25) is 4.79 Å². The van der Waals surface area contributed by atoms with E-state index in [1.54, 1.807) is 6.07 Å². The molecule has 4 nitrogen and oxygen atoms in total. The van der Waals surface area contributed by atoms with Gasteiger partial charge in [-0.1, -0.05) is 13.0 Å². The number of aliphatic carboxylic acids is 1. The third-order valence-corrected chi connectivity index (χ3v) is 3.72. The maximum atomic E-state index is 12.8. The fourth-order valence-electron chi connectivity index (χ4n) is 2.40. The van der Waals surface area contributed by atoms with Crippen molar-refractivity contribution in [3.05, 3.63) is 23.8 Å². The first-order chi connectivity index (χ1) is 9.71. The number of benzene rings is 1. The molecule has 0 amide bonds. The van der Waals surface area contributed by atoms with E-state index in [4.69, 9.17) is 9.84 Å². The lowest BCUT2D eigenvalue weighted by Crippen LogP contribution is -2.32. The topological polar surface area (TPSA) is 49.8 Å².